The Hall–Kier alpha value is -3.54. The molecule has 0 aliphatic rings. The van der Waals surface area contributed by atoms with E-state index < -0.39 is 0 Å². The summed E-state index contributed by atoms with van der Waals surface area (Å²) >= 11 is 0. The number of phenols is 4. The summed E-state index contributed by atoms with van der Waals surface area (Å²) < 4.78 is 11.0. The van der Waals surface area contributed by atoms with Gasteiger partial charge in [0.1, 0.15) is 23.0 Å². The number of hydrogen-bond donors (Lipinski definition) is 4. The van der Waals surface area contributed by atoms with Crippen molar-refractivity contribution >= 4 is 0 Å². The van der Waals surface area contributed by atoms with E-state index in [1.54, 1.807) is 18.2 Å². The van der Waals surface area contributed by atoms with Gasteiger partial charge in [-0.15, -0.1) is 0 Å². The zero-order valence-corrected chi connectivity index (χ0v) is 12.4. The molecular weight excluding hydrogens is 312 g/mol. The van der Waals surface area contributed by atoms with Gasteiger partial charge in [-0.25, -0.2) is 0 Å². The molecule has 0 amide bonds. The van der Waals surface area contributed by atoms with Gasteiger partial charge in [-0.05, 0) is 48.5 Å². The lowest BCUT2D eigenvalue weighted by Crippen LogP contribution is -1.87. The van der Waals surface area contributed by atoms with Gasteiger partial charge in [0.25, 0.3) is 0 Å². The third-order valence-corrected chi connectivity index (χ3v) is 3.18. The van der Waals surface area contributed by atoms with Gasteiger partial charge < -0.3 is 29.9 Å². The molecule has 0 radical (unpaired) electrons. The molecular formula is C18H14O6. The van der Waals surface area contributed by atoms with Crippen molar-refractivity contribution < 1.29 is 29.9 Å². The normalized spacial score (nSPS) is 10.3. The fraction of sp³-hybridized carbons (Fsp3) is 0. The van der Waals surface area contributed by atoms with Crippen LogP contribution in [0, 0.1) is 0 Å². The molecule has 0 aliphatic heterocycles. The van der Waals surface area contributed by atoms with E-state index in [4.69, 9.17) is 9.47 Å². The van der Waals surface area contributed by atoms with E-state index in [9.17, 15) is 20.4 Å². The van der Waals surface area contributed by atoms with Crippen LogP contribution in [0.4, 0.5) is 0 Å². The van der Waals surface area contributed by atoms with Gasteiger partial charge in [-0.3, -0.25) is 0 Å². The fourth-order valence-electron chi connectivity index (χ4n) is 1.99. The first kappa shape index (κ1) is 15.4. The third-order valence-electron chi connectivity index (χ3n) is 3.18. The summed E-state index contributed by atoms with van der Waals surface area (Å²) in [6, 6.07) is 14.6. The van der Waals surface area contributed by atoms with Crippen molar-refractivity contribution in [2.24, 2.45) is 0 Å². The Kier molecular flexibility index (Phi) is 4.03. The molecule has 6 heteroatoms. The molecule has 0 bridgehead atoms. The van der Waals surface area contributed by atoms with Crippen LogP contribution >= 0.6 is 0 Å². The smallest absolute Gasteiger partial charge is 0.169 e. The third kappa shape index (κ3) is 3.44. The van der Waals surface area contributed by atoms with Gasteiger partial charge in [-0.1, -0.05) is 0 Å². The van der Waals surface area contributed by atoms with Crippen molar-refractivity contribution in [3.8, 4) is 46.0 Å². The van der Waals surface area contributed by atoms with Crippen molar-refractivity contribution in [1.29, 1.82) is 0 Å². The molecule has 0 saturated heterocycles. The molecule has 0 heterocycles. The maximum Gasteiger partial charge on any atom is 0.169 e. The van der Waals surface area contributed by atoms with Gasteiger partial charge in [0.05, 0.1) is 0 Å². The van der Waals surface area contributed by atoms with Crippen molar-refractivity contribution in [3.63, 3.8) is 0 Å². The van der Waals surface area contributed by atoms with Crippen LogP contribution in [0.5, 0.6) is 46.0 Å². The molecule has 0 spiro atoms. The Bertz CT molecular complexity index is 858. The summed E-state index contributed by atoms with van der Waals surface area (Å²) in [4.78, 5) is 0. The fourth-order valence-corrected chi connectivity index (χ4v) is 1.99. The molecule has 4 N–H and O–H groups in total. The largest absolute Gasteiger partial charge is 0.508 e. The van der Waals surface area contributed by atoms with E-state index in [1.165, 1.54) is 42.5 Å². The summed E-state index contributed by atoms with van der Waals surface area (Å²) in [6.45, 7) is 0. The highest BCUT2D eigenvalue weighted by atomic mass is 16.5. The topological polar surface area (TPSA) is 99.4 Å². The second kappa shape index (κ2) is 6.29. The lowest BCUT2D eigenvalue weighted by Gasteiger charge is -2.11. The van der Waals surface area contributed by atoms with Crippen molar-refractivity contribution in [1.82, 2.24) is 0 Å². The highest BCUT2D eigenvalue weighted by Gasteiger charge is 2.09. The van der Waals surface area contributed by atoms with Crippen LogP contribution in [0.25, 0.3) is 0 Å². The SMILES string of the molecule is Oc1ccc(Oc2ccc(Oc3ccc(O)c(O)c3)c(O)c2)cc1. The van der Waals surface area contributed by atoms with E-state index >= 15 is 0 Å². The molecule has 0 atom stereocenters. The molecule has 0 unspecified atom stereocenters. The standard InChI is InChI=1S/C18H14O6/c19-11-1-3-12(4-2-11)23-13-6-8-18(17(22)10-13)24-14-5-7-15(20)16(21)9-14/h1-10,19-22H. The lowest BCUT2D eigenvalue weighted by atomic mass is 10.2. The van der Waals surface area contributed by atoms with Crippen LogP contribution in [0.2, 0.25) is 0 Å². The second-order valence-electron chi connectivity index (χ2n) is 4.98. The first-order chi connectivity index (χ1) is 11.5. The van der Waals surface area contributed by atoms with Crippen LogP contribution in [0.3, 0.4) is 0 Å². The van der Waals surface area contributed by atoms with Crippen LogP contribution in [-0.4, -0.2) is 20.4 Å². The van der Waals surface area contributed by atoms with Crippen molar-refractivity contribution in [2.45, 2.75) is 0 Å². The summed E-state index contributed by atoms with van der Waals surface area (Å²) in [5, 5.41) is 38.0. The van der Waals surface area contributed by atoms with Crippen molar-refractivity contribution in [3.05, 3.63) is 60.7 Å². The monoisotopic (exact) mass is 326 g/mol. The Morgan fingerprint density at radius 2 is 1.08 bits per heavy atom. The Morgan fingerprint density at radius 3 is 1.75 bits per heavy atom. The Balaban J connectivity index is 1.76. The number of ether oxygens (including phenoxy) is 2. The van der Waals surface area contributed by atoms with Crippen molar-refractivity contribution in [2.75, 3.05) is 0 Å². The quantitative estimate of drug-likeness (QED) is 0.539. The minimum absolute atomic E-state index is 0.131. The molecule has 0 aromatic heterocycles. The predicted octanol–water partition coefficient (Wildman–Crippen LogP) is 4.09. The molecule has 6 nitrogen and oxygen atoms in total. The van der Waals surface area contributed by atoms with Gasteiger partial charge in [-0.2, -0.15) is 0 Å². The summed E-state index contributed by atoms with van der Waals surface area (Å²) in [5.41, 5.74) is 0. The van der Waals surface area contributed by atoms with E-state index in [-0.39, 0.29) is 34.5 Å². The minimum atomic E-state index is -0.320. The van der Waals surface area contributed by atoms with Crippen LogP contribution in [0.1, 0.15) is 0 Å². The van der Waals surface area contributed by atoms with Gasteiger partial charge >= 0.3 is 0 Å². The minimum Gasteiger partial charge on any atom is -0.508 e. The first-order valence-corrected chi connectivity index (χ1v) is 7.01. The first-order valence-electron chi connectivity index (χ1n) is 7.01. The van der Waals surface area contributed by atoms with Gasteiger partial charge in [0, 0.05) is 12.1 Å². The second-order valence-corrected chi connectivity index (χ2v) is 4.98. The number of benzene rings is 3. The van der Waals surface area contributed by atoms with E-state index in [0.717, 1.165) is 0 Å². The highest BCUT2D eigenvalue weighted by molar-refractivity contribution is 5.50. The number of rotatable bonds is 4. The summed E-state index contributed by atoms with van der Waals surface area (Å²) in [7, 11) is 0. The molecule has 3 rings (SSSR count). The van der Waals surface area contributed by atoms with Crippen LogP contribution < -0.4 is 9.47 Å². The molecule has 0 aliphatic carbocycles. The maximum absolute atomic E-state index is 10.0. The molecule has 0 fully saturated rings. The van der Waals surface area contributed by atoms with Crippen LogP contribution in [0.15, 0.2) is 60.7 Å². The van der Waals surface area contributed by atoms with Crippen LogP contribution in [-0.2, 0) is 0 Å². The average molecular weight is 326 g/mol. The maximum atomic E-state index is 10.0. The van der Waals surface area contributed by atoms with Gasteiger partial charge in [0.15, 0.2) is 23.0 Å². The average Bonchev–Trinajstić information content (AvgIpc) is 2.56. The number of aromatic hydroxyl groups is 4. The van der Waals surface area contributed by atoms with E-state index in [1.807, 2.05) is 0 Å². The molecule has 24 heavy (non-hydrogen) atoms. The van der Waals surface area contributed by atoms with E-state index in [2.05, 4.69) is 0 Å². The molecule has 3 aromatic rings. The van der Waals surface area contributed by atoms with E-state index in [0.29, 0.717) is 11.5 Å². The predicted molar refractivity (Wildman–Crippen MR) is 86.1 cm³/mol. The summed E-state index contributed by atoms with van der Waals surface area (Å²) in [5.74, 6) is 0.711. The molecule has 3 aromatic carbocycles. The Morgan fingerprint density at radius 1 is 0.500 bits per heavy atom. The Labute approximate surface area is 137 Å². The lowest BCUT2D eigenvalue weighted by molar-refractivity contribution is 0.389. The zero-order chi connectivity index (χ0) is 17.1. The number of phenolic OH excluding ortho intramolecular Hbond substituents is 4. The molecule has 0 saturated carbocycles. The summed E-state index contributed by atoms with van der Waals surface area (Å²) in [6.07, 6.45) is 0. The zero-order valence-electron chi connectivity index (χ0n) is 12.4. The van der Waals surface area contributed by atoms with Gasteiger partial charge in [0.2, 0.25) is 0 Å². The highest BCUT2D eigenvalue weighted by Crippen LogP contribution is 2.37. The molecule has 122 valence electrons. The number of hydrogen-bond acceptors (Lipinski definition) is 6.